The van der Waals surface area contributed by atoms with Gasteiger partial charge in [-0.1, -0.05) is 68.7 Å². The Morgan fingerprint density at radius 3 is 1.68 bits per heavy atom. The maximum Gasteiger partial charge on any atom is 0.244 e. The molecule has 0 aliphatic heterocycles. The highest BCUT2D eigenvalue weighted by Gasteiger charge is 2.05. The molecule has 2 rings (SSSR count). The second-order valence-corrected chi connectivity index (χ2v) is 6.62. The fourth-order valence-electron chi connectivity index (χ4n) is 2.84. The maximum atomic E-state index is 12.2. The topological polar surface area (TPSA) is 38.4 Å². The van der Waals surface area contributed by atoms with Crippen LogP contribution in [0.15, 0.2) is 53.6 Å². The fraction of sp³-hybridized carbons (Fsp3) is 0.455. The summed E-state index contributed by atoms with van der Waals surface area (Å²) in [6.07, 6.45) is 9.54. The van der Waals surface area contributed by atoms with Crippen molar-refractivity contribution in [3.8, 4) is 0 Å². The first-order valence-corrected chi connectivity index (χ1v) is 9.59. The van der Waals surface area contributed by atoms with Crippen molar-refractivity contribution in [2.24, 2.45) is 5.11 Å². The van der Waals surface area contributed by atoms with E-state index in [-0.39, 0.29) is 0 Å². The molecule has 0 amide bonds. The van der Waals surface area contributed by atoms with Gasteiger partial charge in [-0.15, -0.1) is 0 Å². The summed E-state index contributed by atoms with van der Waals surface area (Å²) in [5, 5.41) is 16.4. The van der Waals surface area contributed by atoms with Crippen LogP contribution in [-0.2, 0) is 12.8 Å². The zero-order valence-electron chi connectivity index (χ0n) is 15.6. The van der Waals surface area contributed by atoms with Gasteiger partial charge in [0.1, 0.15) is 5.69 Å². The molecule has 134 valence electrons. The normalized spacial score (nSPS) is 11.7. The molecule has 0 atom stereocenters. The van der Waals surface area contributed by atoms with E-state index in [1.165, 1.54) is 49.7 Å². The van der Waals surface area contributed by atoms with Crippen LogP contribution in [0.25, 0.3) is 0 Å². The lowest BCUT2D eigenvalue weighted by Crippen LogP contribution is -1.92. The molecule has 25 heavy (non-hydrogen) atoms. The van der Waals surface area contributed by atoms with Gasteiger partial charge in [0, 0.05) is 17.2 Å². The average Bonchev–Trinajstić information content (AvgIpc) is 2.64. The molecule has 0 aliphatic rings. The van der Waals surface area contributed by atoms with Crippen LogP contribution in [0, 0.1) is 5.21 Å². The largest absolute Gasteiger partial charge is 0.594 e. The smallest absolute Gasteiger partial charge is 0.244 e. The molecule has 0 N–H and O–H groups in total. The summed E-state index contributed by atoms with van der Waals surface area (Å²) in [5.74, 6) is 0. The molecule has 0 spiro atoms. The summed E-state index contributed by atoms with van der Waals surface area (Å²) in [6, 6.07) is 15.8. The monoisotopic (exact) mass is 338 g/mol. The first-order chi connectivity index (χ1) is 12.2. The number of aryl methyl sites for hydroxylation is 2. The number of hydrogen-bond acceptors (Lipinski definition) is 2. The Hall–Kier alpha value is -2.16. The lowest BCUT2D eigenvalue weighted by atomic mass is 10.1. The Labute approximate surface area is 152 Å². The second-order valence-electron chi connectivity index (χ2n) is 6.62. The van der Waals surface area contributed by atoms with E-state index in [2.05, 4.69) is 31.1 Å². The predicted octanol–water partition coefficient (Wildman–Crippen LogP) is 7.08. The van der Waals surface area contributed by atoms with Crippen molar-refractivity contribution in [2.75, 3.05) is 0 Å². The predicted molar refractivity (Wildman–Crippen MR) is 105 cm³/mol. The van der Waals surface area contributed by atoms with E-state index < -0.39 is 0 Å². The van der Waals surface area contributed by atoms with E-state index in [4.69, 9.17) is 0 Å². The van der Waals surface area contributed by atoms with Gasteiger partial charge in [0.2, 0.25) is 5.69 Å². The van der Waals surface area contributed by atoms with Crippen molar-refractivity contribution in [3.63, 3.8) is 0 Å². The molecule has 0 aliphatic carbocycles. The number of nitrogens with zero attached hydrogens (tertiary/aromatic N) is 2. The minimum Gasteiger partial charge on any atom is -0.594 e. The Kier molecular flexibility index (Phi) is 8.17. The third-order valence-corrected chi connectivity index (χ3v) is 4.44. The van der Waals surface area contributed by atoms with Crippen LogP contribution < -0.4 is 0 Å². The highest BCUT2D eigenvalue weighted by atomic mass is 16.5. The van der Waals surface area contributed by atoms with Crippen LogP contribution in [0.5, 0.6) is 0 Å². The van der Waals surface area contributed by atoms with Crippen LogP contribution in [-0.4, -0.2) is 4.86 Å². The van der Waals surface area contributed by atoms with E-state index in [0.29, 0.717) is 16.2 Å². The van der Waals surface area contributed by atoms with E-state index in [1.54, 1.807) is 0 Å². The number of azo groups is 1. The van der Waals surface area contributed by atoms with Gasteiger partial charge in [0.25, 0.3) is 0 Å². The van der Waals surface area contributed by atoms with Gasteiger partial charge < -0.3 is 5.21 Å². The Morgan fingerprint density at radius 1 is 0.720 bits per heavy atom. The molecular weight excluding hydrogens is 308 g/mol. The molecule has 0 radical (unpaired) electrons. The van der Waals surface area contributed by atoms with Gasteiger partial charge in [0.05, 0.1) is 0 Å². The molecule has 0 aromatic heterocycles. The van der Waals surface area contributed by atoms with Crippen LogP contribution in [0.3, 0.4) is 0 Å². The fourth-order valence-corrected chi connectivity index (χ4v) is 2.84. The number of hydrogen-bond donors (Lipinski definition) is 0. The molecule has 0 saturated carbocycles. The quantitative estimate of drug-likeness (QED) is 0.197. The van der Waals surface area contributed by atoms with Crippen molar-refractivity contribution in [1.82, 2.24) is 0 Å². The second kappa shape index (κ2) is 10.7. The van der Waals surface area contributed by atoms with E-state index in [1.807, 2.05) is 36.4 Å². The van der Waals surface area contributed by atoms with E-state index in [0.717, 1.165) is 12.8 Å². The Balaban J connectivity index is 1.95. The minimum atomic E-state index is 0.575. The third-order valence-electron chi connectivity index (χ3n) is 4.44. The Morgan fingerprint density at radius 2 is 1.20 bits per heavy atom. The summed E-state index contributed by atoms with van der Waals surface area (Å²) in [5.41, 5.74) is 3.86. The van der Waals surface area contributed by atoms with Gasteiger partial charge in [-0.2, -0.15) is 0 Å². The number of rotatable bonds is 10. The number of unbranched alkanes of at least 4 members (excludes halogenated alkanes) is 4. The van der Waals surface area contributed by atoms with Crippen molar-refractivity contribution in [1.29, 1.82) is 0 Å². The summed E-state index contributed by atoms with van der Waals surface area (Å²) >= 11 is 0. The highest BCUT2D eigenvalue weighted by Crippen LogP contribution is 2.20. The molecular formula is C22H30N2O. The molecule has 0 unspecified atom stereocenters. The Bertz CT molecular complexity index is 645. The molecule has 2 aromatic rings. The SMILES string of the molecule is CCCCCc1ccc(/N=[N+](\[O-])c2ccc(CCCCC)cc2)cc1. The highest BCUT2D eigenvalue weighted by molar-refractivity contribution is 5.38. The third kappa shape index (κ3) is 6.69. The van der Waals surface area contributed by atoms with Crippen molar-refractivity contribution >= 4 is 11.4 Å². The summed E-state index contributed by atoms with van der Waals surface area (Å²) in [4.78, 5) is 0.710. The van der Waals surface area contributed by atoms with E-state index >= 15 is 0 Å². The first kappa shape index (κ1) is 19.2. The first-order valence-electron chi connectivity index (χ1n) is 9.59. The van der Waals surface area contributed by atoms with Crippen molar-refractivity contribution in [2.45, 2.75) is 65.2 Å². The average molecular weight is 338 g/mol. The van der Waals surface area contributed by atoms with Gasteiger partial charge in [0.15, 0.2) is 0 Å². The van der Waals surface area contributed by atoms with Crippen LogP contribution in [0.1, 0.15) is 63.5 Å². The van der Waals surface area contributed by atoms with Gasteiger partial charge in [-0.3, -0.25) is 0 Å². The standard InChI is InChI=1S/C22H30N2O/c1-3-5-7-9-19-11-15-21(16-12-19)23-24(25)22-17-13-20(14-18-22)10-8-6-4-2/h11-18H,3-10H2,1-2H3/b24-23-. The summed E-state index contributed by atoms with van der Waals surface area (Å²) in [7, 11) is 0. The molecule has 0 bridgehead atoms. The maximum absolute atomic E-state index is 12.2. The van der Waals surface area contributed by atoms with Gasteiger partial charge >= 0.3 is 0 Å². The molecule has 0 heterocycles. The molecule has 0 fully saturated rings. The van der Waals surface area contributed by atoms with Crippen molar-refractivity contribution < 1.29 is 4.86 Å². The summed E-state index contributed by atoms with van der Waals surface area (Å²) in [6.45, 7) is 4.42. The lowest BCUT2D eigenvalue weighted by Gasteiger charge is -2.03. The van der Waals surface area contributed by atoms with Crippen LogP contribution >= 0.6 is 0 Å². The minimum absolute atomic E-state index is 0.575. The van der Waals surface area contributed by atoms with E-state index in [9.17, 15) is 5.21 Å². The zero-order chi connectivity index (χ0) is 17.9. The summed E-state index contributed by atoms with van der Waals surface area (Å²) < 4.78 is 0. The molecule has 3 nitrogen and oxygen atoms in total. The van der Waals surface area contributed by atoms with Crippen molar-refractivity contribution in [3.05, 3.63) is 64.9 Å². The van der Waals surface area contributed by atoms with Crippen LogP contribution in [0.2, 0.25) is 0 Å². The van der Waals surface area contributed by atoms with Gasteiger partial charge in [-0.25, -0.2) is 0 Å². The molecule has 0 saturated heterocycles. The molecule has 2 aromatic carbocycles. The molecule has 3 heteroatoms. The van der Waals surface area contributed by atoms with Gasteiger partial charge in [-0.05, 0) is 48.9 Å². The zero-order valence-corrected chi connectivity index (χ0v) is 15.6. The van der Waals surface area contributed by atoms with Crippen LogP contribution in [0.4, 0.5) is 11.4 Å². The lowest BCUT2D eigenvalue weighted by molar-refractivity contribution is -0.435. The number of benzene rings is 2.